The second-order valence-corrected chi connectivity index (χ2v) is 5.52. The lowest BCUT2D eigenvalue weighted by molar-refractivity contribution is -0.121. The first kappa shape index (κ1) is 17.6. The quantitative estimate of drug-likeness (QED) is 0.695. The van der Waals surface area contributed by atoms with Crippen LogP contribution in [0.2, 0.25) is 0 Å². The molecule has 110 valence electrons. The molecule has 0 aromatic rings. The maximum Gasteiger partial charge on any atom is 0.402 e. The van der Waals surface area contributed by atoms with Gasteiger partial charge in [-0.25, -0.2) is 0 Å². The second kappa shape index (κ2) is 7.27. The Morgan fingerprint density at radius 1 is 1.28 bits per heavy atom. The summed E-state index contributed by atoms with van der Waals surface area (Å²) in [7, 11) is -4.16. The lowest BCUT2D eigenvalue weighted by atomic mass is 10.2. The fourth-order valence-electron chi connectivity index (χ4n) is 1.58. The smallest absolute Gasteiger partial charge is 0.329 e. The Kier molecular flexibility index (Phi) is 7.11. The van der Waals surface area contributed by atoms with Crippen LogP contribution in [-0.4, -0.2) is 44.6 Å². The molecule has 0 fully saturated rings. The number of alkyl halides is 3. The van der Waals surface area contributed by atoms with Crippen LogP contribution in [0.25, 0.3) is 0 Å². The van der Waals surface area contributed by atoms with Crippen LogP contribution in [0.15, 0.2) is 0 Å². The Hall–Kier alpha value is -0.380. The van der Waals surface area contributed by atoms with Crippen molar-refractivity contribution in [1.29, 1.82) is 0 Å². The summed E-state index contributed by atoms with van der Waals surface area (Å²) in [5, 5.41) is 0. The summed E-state index contributed by atoms with van der Waals surface area (Å²) in [5.41, 5.74) is 5.30. The molecule has 0 aromatic heterocycles. The molecule has 0 amide bonds. The molecule has 0 saturated heterocycles. The fourth-order valence-corrected chi connectivity index (χ4v) is 3.13. The summed E-state index contributed by atoms with van der Waals surface area (Å²) in [6.45, 7) is 2.04. The van der Waals surface area contributed by atoms with Crippen molar-refractivity contribution in [2.45, 2.75) is 38.9 Å². The average Bonchev–Trinajstić information content (AvgIpc) is 2.26. The van der Waals surface area contributed by atoms with Crippen molar-refractivity contribution in [2.24, 2.45) is 5.73 Å². The molecule has 0 unspecified atom stereocenters. The van der Waals surface area contributed by atoms with Gasteiger partial charge in [0.05, 0.1) is 0 Å². The van der Waals surface area contributed by atoms with E-state index in [9.17, 15) is 21.6 Å². The number of nitrogens with one attached hydrogen (secondary N) is 1. The topological polar surface area (TPSA) is 75.4 Å². The lowest BCUT2D eigenvalue weighted by Gasteiger charge is -2.29. The second-order valence-electron chi connectivity index (χ2n) is 3.81. The van der Waals surface area contributed by atoms with Crippen LogP contribution in [0.1, 0.15) is 26.7 Å². The van der Waals surface area contributed by atoms with Crippen LogP contribution < -0.4 is 10.5 Å². The Bertz CT molecular complexity index is 328. The van der Waals surface area contributed by atoms with Crippen molar-refractivity contribution in [2.75, 3.05) is 19.6 Å². The minimum Gasteiger partial charge on any atom is -0.329 e. The average molecular weight is 291 g/mol. The molecule has 18 heavy (non-hydrogen) atoms. The molecule has 5 nitrogen and oxygen atoms in total. The summed E-state index contributed by atoms with van der Waals surface area (Å²) in [5.74, 6) is 0. The largest absolute Gasteiger partial charge is 0.402 e. The highest BCUT2D eigenvalue weighted by molar-refractivity contribution is 7.87. The molecule has 0 bridgehead atoms. The molecule has 0 atom stereocenters. The SMILES string of the molecule is CCC(CC)N(CCN)S(=O)(=O)NCC(F)(F)F. The van der Waals surface area contributed by atoms with Crippen molar-refractivity contribution in [3.63, 3.8) is 0 Å². The van der Waals surface area contributed by atoms with Crippen molar-refractivity contribution in [1.82, 2.24) is 9.03 Å². The molecule has 3 N–H and O–H groups in total. The van der Waals surface area contributed by atoms with Gasteiger partial charge in [0.2, 0.25) is 0 Å². The van der Waals surface area contributed by atoms with Crippen LogP contribution in [-0.2, 0) is 10.2 Å². The summed E-state index contributed by atoms with van der Waals surface area (Å²) in [4.78, 5) is 0. The molecule has 9 heteroatoms. The molecular weight excluding hydrogens is 271 g/mol. The van der Waals surface area contributed by atoms with Crippen LogP contribution >= 0.6 is 0 Å². The van der Waals surface area contributed by atoms with Gasteiger partial charge in [0.1, 0.15) is 6.54 Å². The molecule has 0 radical (unpaired) electrons. The summed E-state index contributed by atoms with van der Waals surface area (Å²) in [6, 6.07) is -0.348. The van der Waals surface area contributed by atoms with Gasteiger partial charge in [-0.2, -0.15) is 30.6 Å². The maximum absolute atomic E-state index is 12.0. The van der Waals surface area contributed by atoms with Crippen molar-refractivity contribution in [3.8, 4) is 0 Å². The zero-order chi connectivity index (χ0) is 14.4. The molecule has 0 aliphatic rings. The fraction of sp³-hybridized carbons (Fsp3) is 1.00. The molecule has 0 spiro atoms. The van der Waals surface area contributed by atoms with Crippen molar-refractivity contribution < 1.29 is 21.6 Å². The number of nitrogens with two attached hydrogens (primary N) is 1. The number of nitrogens with zero attached hydrogens (tertiary/aromatic N) is 1. The van der Waals surface area contributed by atoms with E-state index in [1.54, 1.807) is 18.6 Å². The van der Waals surface area contributed by atoms with Crippen LogP contribution in [0.3, 0.4) is 0 Å². The molecule has 0 aliphatic carbocycles. The van der Waals surface area contributed by atoms with Gasteiger partial charge in [-0.05, 0) is 12.8 Å². The summed E-state index contributed by atoms with van der Waals surface area (Å²) < 4.78 is 62.2. The third-order valence-electron chi connectivity index (χ3n) is 2.46. The normalized spacial score (nSPS) is 13.6. The third-order valence-corrected chi connectivity index (χ3v) is 4.07. The Balaban J connectivity index is 4.86. The molecule has 0 aliphatic heterocycles. The molecule has 0 rings (SSSR count). The first-order chi connectivity index (χ1) is 8.18. The number of hydrogen-bond acceptors (Lipinski definition) is 3. The minimum atomic E-state index is -4.57. The van der Waals surface area contributed by atoms with E-state index in [1.807, 2.05) is 0 Å². The van der Waals surface area contributed by atoms with E-state index < -0.39 is 22.9 Å². The number of rotatable bonds is 8. The van der Waals surface area contributed by atoms with E-state index in [0.29, 0.717) is 12.8 Å². The molecular formula is C9H20F3N3O2S. The predicted octanol–water partition coefficient (Wildman–Crippen LogP) is 0.832. The Labute approximate surface area is 106 Å². The van der Waals surface area contributed by atoms with Crippen LogP contribution in [0.5, 0.6) is 0 Å². The highest BCUT2D eigenvalue weighted by Crippen LogP contribution is 2.16. The first-order valence-electron chi connectivity index (χ1n) is 5.71. The van der Waals surface area contributed by atoms with Crippen LogP contribution in [0.4, 0.5) is 13.2 Å². The zero-order valence-electron chi connectivity index (χ0n) is 10.5. The van der Waals surface area contributed by atoms with Gasteiger partial charge in [-0.15, -0.1) is 0 Å². The Morgan fingerprint density at radius 3 is 2.11 bits per heavy atom. The van der Waals surface area contributed by atoms with Gasteiger partial charge in [-0.1, -0.05) is 13.8 Å². The van der Waals surface area contributed by atoms with E-state index in [2.05, 4.69) is 0 Å². The molecule has 0 heterocycles. The van der Waals surface area contributed by atoms with E-state index in [-0.39, 0.29) is 19.1 Å². The van der Waals surface area contributed by atoms with Gasteiger partial charge in [-0.3, -0.25) is 0 Å². The number of hydrogen-bond donors (Lipinski definition) is 2. The molecule has 0 aromatic carbocycles. The molecule has 0 saturated carbocycles. The summed E-state index contributed by atoms with van der Waals surface area (Å²) >= 11 is 0. The van der Waals surface area contributed by atoms with E-state index in [1.165, 1.54) is 0 Å². The Morgan fingerprint density at radius 2 is 1.78 bits per heavy atom. The highest BCUT2D eigenvalue weighted by Gasteiger charge is 2.33. The minimum absolute atomic E-state index is 0.000459. The predicted molar refractivity (Wildman–Crippen MR) is 63.1 cm³/mol. The van der Waals surface area contributed by atoms with E-state index >= 15 is 0 Å². The van der Waals surface area contributed by atoms with Crippen molar-refractivity contribution >= 4 is 10.2 Å². The van der Waals surface area contributed by atoms with Gasteiger partial charge < -0.3 is 5.73 Å². The zero-order valence-corrected chi connectivity index (χ0v) is 11.3. The van der Waals surface area contributed by atoms with E-state index in [4.69, 9.17) is 5.73 Å². The third kappa shape index (κ3) is 5.98. The van der Waals surface area contributed by atoms with Gasteiger partial charge in [0.25, 0.3) is 10.2 Å². The lowest BCUT2D eigenvalue weighted by Crippen LogP contribution is -2.50. The standard InChI is InChI=1S/C9H20F3N3O2S/c1-3-8(4-2)15(6-5-13)18(16,17)14-7-9(10,11)12/h8,14H,3-7,13H2,1-2H3. The highest BCUT2D eigenvalue weighted by atomic mass is 32.2. The van der Waals surface area contributed by atoms with Gasteiger partial charge in [0.15, 0.2) is 0 Å². The maximum atomic E-state index is 12.0. The first-order valence-corrected chi connectivity index (χ1v) is 7.15. The summed E-state index contributed by atoms with van der Waals surface area (Å²) in [6.07, 6.45) is -3.54. The van der Waals surface area contributed by atoms with E-state index in [0.717, 1.165) is 4.31 Å². The monoisotopic (exact) mass is 291 g/mol. The van der Waals surface area contributed by atoms with Gasteiger partial charge >= 0.3 is 6.18 Å². The van der Waals surface area contributed by atoms with Gasteiger partial charge in [0, 0.05) is 19.1 Å². The number of halogens is 3. The van der Waals surface area contributed by atoms with Crippen LogP contribution in [0, 0.1) is 0 Å². The van der Waals surface area contributed by atoms with Crippen molar-refractivity contribution in [3.05, 3.63) is 0 Å².